The molecule has 4 fully saturated rings. The van der Waals surface area contributed by atoms with Crippen molar-refractivity contribution in [1.29, 1.82) is 5.26 Å². The van der Waals surface area contributed by atoms with Crippen LogP contribution >= 0.6 is 61.3 Å². The first-order valence-corrected chi connectivity index (χ1v) is 51.5. The molecule has 0 radical (unpaired) electrons. The molecule has 8 amide bonds. The molecule has 0 unspecified atom stereocenters. The quantitative estimate of drug-likeness (QED) is 0.0189. The van der Waals surface area contributed by atoms with E-state index in [1.165, 1.54) is 45.3 Å². The second kappa shape index (κ2) is 46.3. The Balaban J connectivity index is 0.000000145. The number of hydrogen-bond acceptors (Lipinski definition) is 38. The fraction of sp³-hybridized carbons (Fsp3) is 0.412. The van der Waals surface area contributed by atoms with Crippen molar-refractivity contribution in [2.24, 2.45) is 21.7 Å². The Labute approximate surface area is 857 Å². The largest absolute Gasteiger partial charge is 0.481 e. The number of anilines is 8. The number of fused-ring (bicyclic) bond motifs is 4. The van der Waals surface area contributed by atoms with E-state index >= 15 is 0 Å². The molecular formula is C97H110BrN29O14S4. The van der Waals surface area contributed by atoms with Gasteiger partial charge in [-0.1, -0.05) is 55.7 Å². The van der Waals surface area contributed by atoms with Crippen LogP contribution in [0.1, 0.15) is 145 Å². The van der Waals surface area contributed by atoms with E-state index in [4.69, 9.17) is 23.3 Å². The van der Waals surface area contributed by atoms with E-state index in [1.54, 1.807) is 76.4 Å². The Morgan fingerprint density at radius 2 is 0.641 bits per heavy atom. The minimum Gasteiger partial charge on any atom is -0.481 e. The van der Waals surface area contributed by atoms with Crippen LogP contribution in [0.5, 0.6) is 0 Å². The number of urea groups is 4. The number of carboxylic acid groups (broad SMARTS) is 1. The molecule has 48 heteroatoms. The summed E-state index contributed by atoms with van der Waals surface area (Å²) in [5.41, 5.74) is 9.06. The summed E-state index contributed by atoms with van der Waals surface area (Å²) >= 11 is 8.95. The zero-order chi connectivity index (χ0) is 103. The fourth-order valence-corrected chi connectivity index (χ4v) is 20.8. The van der Waals surface area contributed by atoms with Crippen LogP contribution in [-0.2, 0) is 33.4 Å². The number of hydrogen-bond donors (Lipinski definition) is 9. The van der Waals surface area contributed by atoms with Crippen molar-refractivity contribution in [1.82, 2.24) is 101 Å². The van der Waals surface area contributed by atoms with Crippen molar-refractivity contribution in [2.45, 2.75) is 141 Å². The number of piperidine rings is 4. The summed E-state index contributed by atoms with van der Waals surface area (Å²) in [6.07, 6.45) is 19.3. The van der Waals surface area contributed by atoms with Crippen molar-refractivity contribution in [2.75, 3.05) is 139 Å². The number of thiazole rings is 4. The Bertz CT molecular complexity index is 7080. The monoisotopic (exact) mass is 2110 g/mol. The van der Waals surface area contributed by atoms with Gasteiger partial charge < -0.3 is 69.2 Å². The molecule has 4 aliphatic rings. The first kappa shape index (κ1) is 104. The summed E-state index contributed by atoms with van der Waals surface area (Å²) < 4.78 is 30.3. The van der Waals surface area contributed by atoms with Gasteiger partial charge in [0.05, 0.1) is 87.9 Å². The zero-order valence-corrected chi connectivity index (χ0v) is 87.0. The molecule has 145 heavy (non-hydrogen) atoms. The number of carbonyl (C=O) groups is 8. The average molecular weight is 2110 g/mol. The number of aromatic nitrogens is 16. The predicted octanol–water partition coefficient (Wildman–Crippen LogP) is 17.1. The molecule has 43 nitrogen and oxygen atoms in total. The first-order valence-electron chi connectivity index (χ1n) is 47.4. The van der Waals surface area contributed by atoms with Crippen LogP contribution in [0.15, 0.2) is 112 Å². The number of esters is 3. The number of carbonyl (C=O) groups excluding carboxylic acids is 7. The third-order valence-electron chi connectivity index (χ3n) is 25.1. The number of nitrogens with one attached hydrogen (secondary N) is 8. The van der Waals surface area contributed by atoms with E-state index in [0.717, 1.165) is 79.7 Å². The Morgan fingerprint density at radius 1 is 0.379 bits per heavy atom. The van der Waals surface area contributed by atoms with Crippen LogP contribution < -0.4 is 62.1 Å². The fourth-order valence-electron chi connectivity index (χ4n) is 16.5. The number of ether oxygens (including phenoxy) is 3. The lowest BCUT2D eigenvalue weighted by Crippen LogP contribution is -2.44. The van der Waals surface area contributed by atoms with Crippen LogP contribution in [0, 0.1) is 46.8 Å². The highest BCUT2D eigenvalue weighted by atomic mass is 79.9. The van der Waals surface area contributed by atoms with Gasteiger partial charge in [0.25, 0.3) is 0 Å². The lowest BCUT2D eigenvalue weighted by atomic mass is 9.80. The van der Waals surface area contributed by atoms with Crippen LogP contribution in [-0.4, -0.2) is 232 Å². The summed E-state index contributed by atoms with van der Waals surface area (Å²) in [7, 11) is 0. The number of aliphatic carboxylic acids is 1. The molecule has 4 aromatic carbocycles. The van der Waals surface area contributed by atoms with Crippen molar-refractivity contribution in [3.8, 4) is 73.4 Å². The molecule has 758 valence electrons. The predicted molar refractivity (Wildman–Crippen MR) is 558 cm³/mol. The first-order chi connectivity index (χ1) is 69.7. The highest BCUT2D eigenvalue weighted by molar-refractivity contribution is 9.10. The van der Waals surface area contributed by atoms with Gasteiger partial charge in [-0.3, -0.25) is 40.4 Å². The standard InChI is InChI=1S/C26H30N8O4S.C24H26N8O4S.C24H27N7O3S.C23H27BrN6O3S/c1-5-27-24(36)32-25-31-19-12-16(11-18(20(19)39-25)21-30-15(3)38-33-21)17-13-28-23(29-14-17)34-9-7-26(4,8-10-34)22(35)37-6-2;1-4-25-22(35)30-23-29-17-10-14(9-16(18(17)37-23)19-28-13(2)36-31-19)15-11-26-21(27-12-15)32-7-5-24(3,6-8-32)20(33)34;1-4-26-22(33)30-23-29-18-11-15(10-16(12-25)19(18)35-23)17-13-27-21(28-14-17)31-8-6-24(3,7-9-31)20(32)34-5-2;1-4-25-21(32)29-22-28-17-11-14(10-16(24)18(17)34-22)15-12-26-20(27-13-15)30-8-6-23(3,7-9-30)19(31)33-5-2/h11-14H,5-10H2,1-4H3,(H2,27,31,32,36);9-12H,4-8H2,1-3H3,(H,33,34)(H2,25,29,30,35);10-11,13-14H,4-9H2,1-3H3,(H2,26,29,30,33);10-13H,4-9H2,1-3H3,(H2,25,28,29,32). The van der Waals surface area contributed by atoms with Crippen molar-refractivity contribution in [3.05, 3.63) is 120 Å². The number of halogens is 1. The number of benzene rings is 4. The molecule has 18 rings (SSSR count). The number of nitrogens with zero attached hydrogens (tertiary/aromatic N) is 21. The van der Waals surface area contributed by atoms with Crippen LogP contribution in [0.2, 0.25) is 0 Å². The summed E-state index contributed by atoms with van der Waals surface area (Å²) in [4.78, 5) is 168. The molecule has 0 saturated carbocycles. The minimum absolute atomic E-state index is 0.127. The maximum absolute atomic E-state index is 12.4. The molecule has 0 spiro atoms. The van der Waals surface area contributed by atoms with E-state index in [0.29, 0.717) is 244 Å². The summed E-state index contributed by atoms with van der Waals surface area (Å²) in [5.74, 6) is 2.98. The molecule has 4 aliphatic heterocycles. The van der Waals surface area contributed by atoms with E-state index in [1.807, 2.05) is 117 Å². The summed E-state index contributed by atoms with van der Waals surface area (Å²) in [6, 6.07) is 16.3. The van der Waals surface area contributed by atoms with Gasteiger partial charge in [-0.2, -0.15) is 15.2 Å². The van der Waals surface area contributed by atoms with E-state index in [9.17, 15) is 48.7 Å². The minimum atomic E-state index is -0.766. The number of amides is 8. The van der Waals surface area contributed by atoms with Crippen LogP contribution in [0.4, 0.5) is 63.5 Å². The third kappa shape index (κ3) is 24.8. The van der Waals surface area contributed by atoms with Gasteiger partial charge in [0.1, 0.15) is 6.07 Å². The Hall–Kier alpha value is -14.8. The number of nitriles is 1. The van der Waals surface area contributed by atoms with Gasteiger partial charge in [0.2, 0.25) is 47.2 Å². The summed E-state index contributed by atoms with van der Waals surface area (Å²) in [6.45, 7) is 32.4. The molecular weight excluding hydrogens is 2000 g/mol. The molecule has 10 aromatic heterocycles. The smallest absolute Gasteiger partial charge is 0.321 e. The Morgan fingerprint density at radius 3 is 0.910 bits per heavy atom. The zero-order valence-electron chi connectivity index (χ0n) is 82.2. The number of aryl methyl sites for hydroxylation is 2. The Kier molecular flexibility index (Phi) is 33.3. The lowest BCUT2D eigenvalue weighted by Gasteiger charge is -2.37. The third-order valence-corrected chi connectivity index (χ3v) is 30.1. The topological polar surface area (TPSA) is 550 Å². The highest BCUT2D eigenvalue weighted by Crippen LogP contribution is 2.45. The summed E-state index contributed by atoms with van der Waals surface area (Å²) in [5, 5.41) is 50.9. The molecule has 9 N–H and O–H groups in total. The molecule has 0 bridgehead atoms. The molecule has 4 saturated heterocycles. The van der Waals surface area contributed by atoms with Gasteiger partial charge in [0.15, 0.2) is 20.5 Å². The van der Waals surface area contributed by atoms with E-state index in [2.05, 4.69) is 159 Å². The van der Waals surface area contributed by atoms with Crippen molar-refractivity contribution in [3.63, 3.8) is 0 Å². The van der Waals surface area contributed by atoms with Gasteiger partial charge >= 0.3 is 48.0 Å². The van der Waals surface area contributed by atoms with Gasteiger partial charge in [0, 0.05) is 180 Å². The second-order valence-corrected chi connectivity index (χ2v) is 40.4. The molecule has 0 aliphatic carbocycles. The van der Waals surface area contributed by atoms with Gasteiger partial charge in [-0.25, -0.2) is 79.0 Å². The highest BCUT2D eigenvalue weighted by Gasteiger charge is 2.43. The lowest BCUT2D eigenvalue weighted by molar-refractivity contribution is -0.156. The number of carboxylic acids is 1. The van der Waals surface area contributed by atoms with Gasteiger partial charge in [-0.15, -0.1) is 0 Å². The molecule has 14 heterocycles. The molecule has 0 atom stereocenters. The van der Waals surface area contributed by atoms with E-state index in [-0.39, 0.29) is 42.0 Å². The van der Waals surface area contributed by atoms with Crippen molar-refractivity contribution < 1.29 is 66.7 Å². The van der Waals surface area contributed by atoms with Crippen molar-refractivity contribution >= 4 is 194 Å². The van der Waals surface area contributed by atoms with Gasteiger partial charge in [-0.05, 0) is 214 Å². The average Bonchev–Trinajstić information content (AvgIpc) is 1.60. The molecule has 14 aromatic rings. The second-order valence-electron chi connectivity index (χ2n) is 35.6. The normalized spacial score (nSPS) is 15.0. The number of rotatable bonds is 25. The maximum Gasteiger partial charge on any atom is 0.321 e. The van der Waals surface area contributed by atoms with Crippen LogP contribution in [0.3, 0.4) is 0 Å². The SMILES string of the molecule is CCNC(=O)Nc1nc2cc(-c3cnc(N4CCC(C)(C(=O)O)CC4)nc3)cc(-c3noc(C)n3)c2s1.CCNC(=O)Nc1nc2cc(-c3cnc(N4CCC(C)(C(=O)OCC)CC4)nc3)cc(-c3noc(C)n3)c2s1.CCNC(=O)Nc1nc2cc(-c3cnc(N4CCC(C)(C(=O)OCC)CC4)nc3)cc(Br)c2s1.CCNC(=O)Nc1nc2cc(-c3cnc(N4CCC(C)(C(=O)OCC)CC4)nc3)cc(C#N)c2s1. The van der Waals surface area contributed by atoms with E-state index < -0.39 is 27.6 Å². The van der Waals surface area contributed by atoms with Crippen LogP contribution in [0.25, 0.3) is 108 Å². The maximum atomic E-state index is 12.4.